The lowest BCUT2D eigenvalue weighted by atomic mass is 9.90. The van der Waals surface area contributed by atoms with Crippen molar-refractivity contribution in [2.24, 2.45) is 0 Å². The van der Waals surface area contributed by atoms with Crippen LogP contribution in [0.2, 0.25) is 0 Å². The minimum absolute atomic E-state index is 0.222. The second-order valence-corrected chi connectivity index (χ2v) is 5.46. The van der Waals surface area contributed by atoms with Crippen molar-refractivity contribution < 1.29 is 33.3 Å². The Bertz CT molecular complexity index is 768. The van der Waals surface area contributed by atoms with E-state index in [0.717, 1.165) is 6.92 Å². The molecule has 0 bridgehead atoms. The molecule has 134 valence electrons. The van der Waals surface area contributed by atoms with E-state index in [1.807, 2.05) is 0 Å². The highest BCUT2D eigenvalue weighted by Crippen LogP contribution is 2.43. The Morgan fingerprint density at radius 2 is 1.84 bits per heavy atom. The monoisotopic (exact) mass is 349 g/mol. The molecule has 0 radical (unpaired) electrons. The number of Topliss-reactive ketones (excluding diaryl/α,β-unsaturated/α-hetero) is 1. The van der Waals surface area contributed by atoms with Gasteiger partial charge in [0.25, 0.3) is 5.78 Å². The Labute approximate surface area is 144 Å². The molecule has 1 amide bonds. The molecule has 1 aliphatic heterocycles. The van der Waals surface area contributed by atoms with Gasteiger partial charge in [0.05, 0.1) is 14.2 Å². The van der Waals surface area contributed by atoms with Crippen molar-refractivity contribution >= 4 is 17.7 Å². The molecule has 1 unspecified atom stereocenters. The molecule has 8 nitrogen and oxygen atoms in total. The third kappa shape index (κ3) is 3.42. The van der Waals surface area contributed by atoms with Crippen molar-refractivity contribution in [2.45, 2.75) is 26.4 Å². The minimum Gasteiger partial charge on any atom is -0.497 e. The summed E-state index contributed by atoms with van der Waals surface area (Å²) in [6, 6.07) is 4.87. The van der Waals surface area contributed by atoms with Crippen LogP contribution >= 0.6 is 0 Å². The Morgan fingerprint density at radius 3 is 2.36 bits per heavy atom. The number of hydrogen-bond donors (Lipinski definition) is 1. The van der Waals surface area contributed by atoms with Crippen LogP contribution in [0.5, 0.6) is 11.5 Å². The lowest BCUT2D eigenvalue weighted by Crippen LogP contribution is -2.33. The largest absolute Gasteiger partial charge is 0.497 e. The maximum Gasteiger partial charge on any atom is 0.308 e. The summed E-state index contributed by atoms with van der Waals surface area (Å²) in [7, 11) is 2.93. The third-order valence-electron chi connectivity index (χ3n) is 3.61. The van der Waals surface area contributed by atoms with E-state index >= 15 is 0 Å². The molecule has 1 N–H and O–H groups in total. The summed E-state index contributed by atoms with van der Waals surface area (Å²) in [6.45, 7) is 3.88. The topological polar surface area (TPSA) is 100 Å². The number of amides is 1. The normalized spacial score (nSPS) is 19.3. The fraction of sp³-hybridized carbons (Fsp3) is 0.353. The molecule has 1 heterocycles. The molecule has 2 rings (SSSR count). The predicted molar refractivity (Wildman–Crippen MR) is 85.6 cm³/mol. The number of rotatable bonds is 5. The van der Waals surface area contributed by atoms with E-state index in [1.165, 1.54) is 28.1 Å². The smallest absolute Gasteiger partial charge is 0.308 e. The number of hydrogen-bond acceptors (Lipinski definition) is 7. The van der Waals surface area contributed by atoms with E-state index in [2.05, 4.69) is 5.32 Å². The van der Waals surface area contributed by atoms with Gasteiger partial charge >= 0.3 is 5.97 Å². The van der Waals surface area contributed by atoms with Crippen LogP contribution < -0.4 is 14.8 Å². The Morgan fingerprint density at radius 1 is 1.16 bits per heavy atom. The van der Waals surface area contributed by atoms with Crippen molar-refractivity contribution in [1.82, 2.24) is 5.32 Å². The van der Waals surface area contributed by atoms with Crippen molar-refractivity contribution in [2.75, 3.05) is 14.2 Å². The highest BCUT2D eigenvalue weighted by Gasteiger charge is 2.51. The molecule has 0 spiro atoms. The zero-order valence-corrected chi connectivity index (χ0v) is 14.6. The van der Waals surface area contributed by atoms with Crippen molar-refractivity contribution in [3.63, 3.8) is 0 Å². The third-order valence-corrected chi connectivity index (χ3v) is 3.61. The lowest BCUT2D eigenvalue weighted by molar-refractivity contribution is -0.142. The van der Waals surface area contributed by atoms with Gasteiger partial charge in [0, 0.05) is 19.4 Å². The lowest BCUT2D eigenvalue weighted by Gasteiger charge is -2.25. The van der Waals surface area contributed by atoms with Crippen molar-refractivity contribution in [3.05, 3.63) is 35.4 Å². The van der Waals surface area contributed by atoms with Crippen LogP contribution in [-0.4, -0.2) is 31.9 Å². The number of methoxy groups -OCH3 is 2. The number of ketones is 1. The Kier molecular flexibility index (Phi) is 5.01. The van der Waals surface area contributed by atoms with E-state index in [4.69, 9.17) is 18.9 Å². The van der Waals surface area contributed by atoms with Gasteiger partial charge in [0.15, 0.2) is 0 Å². The number of nitrogens with one attached hydrogen (secondary N) is 1. The number of carbonyl (C=O) groups excluding carboxylic acids is 3. The molecule has 0 aromatic heterocycles. The fourth-order valence-electron chi connectivity index (χ4n) is 2.46. The van der Waals surface area contributed by atoms with Crippen LogP contribution in [0.15, 0.2) is 29.8 Å². The Balaban J connectivity index is 2.55. The standard InChI is InChI=1S/C17H19NO7/c1-9(19)18-16-14(24-10(2)20)15(21)17(3,25-16)12-8-11(22-4)6-7-13(12)23-5/h6-8H,1-5H3,(H,18,19). The van der Waals surface area contributed by atoms with Crippen LogP contribution in [0.3, 0.4) is 0 Å². The summed E-state index contributed by atoms with van der Waals surface area (Å²) in [4.78, 5) is 35.6. The average molecular weight is 349 g/mol. The second kappa shape index (κ2) is 6.84. The first kappa shape index (κ1) is 18.3. The van der Waals surface area contributed by atoms with Crippen molar-refractivity contribution in [3.8, 4) is 11.5 Å². The van der Waals surface area contributed by atoms with Gasteiger partial charge in [-0.3, -0.25) is 19.7 Å². The molecule has 1 atom stereocenters. The van der Waals surface area contributed by atoms with Gasteiger partial charge in [-0.15, -0.1) is 0 Å². The summed E-state index contributed by atoms with van der Waals surface area (Å²) in [6.07, 6.45) is 0. The van der Waals surface area contributed by atoms with Gasteiger partial charge in [-0.05, 0) is 25.1 Å². The molecule has 1 aromatic carbocycles. The van der Waals surface area contributed by atoms with E-state index < -0.39 is 23.3 Å². The molecule has 1 aliphatic rings. The van der Waals surface area contributed by atoms with Gasteiger partial charge in [0.2, 0.25) is 23.2 Å². The molecule has 25 heavy (non-hydrogen) atoms. The van der Waals surface area contributed by atoms with Gasteiger partial charge in [0.1, 0.15) is 11.5 Å². The summed E-state index contributed by atoms with van der Waals surface area (Å²) in [5.41, 5.74) is -1.20. The SMILES string of the molecule is COc1ccc(OC)c(C2(C)OC(NC(C)=O)=C(OC(C)=O)C2=O)c1. The molecule has 0 saturated heterocycles. The molecule has 0 aliphatic carbocycles. The molecular formula is C17H19NO7. The van der Waals surface area contributed by atoms with E-state index in [-0.39, 0.29) is 11.6 Å². The highest BCUT2D eigenvalue weighted by atomic mass is 16.6. The maximum atomic E-state index is 12.9. The predicted octanol–water partition coefficient (Wildman–Crippen LogP) is 1.39. The number of esters is 1. The molecule has 1 aromatic rings. The summed E-state index contributed by atoms with van der Waals surface area (Å²) in [5.74, 6) is -1.54. The number of ether oxygens (including phenoxy) is 4. The van der Waals surface area contributed by atoms with Crippen LogP contribution in [0.4, 0.5) is 0 Å². The van der Waals surface area contributed by atoms with Gasteiger partial charge < -0.3 is 18.9 Å². The average Bonchev–Trinajstić information content (AvgIpc) is 2.78. The van der Waals surface area contributed by atoms with E-state index in [0.29, 0.717) is 17.1 Å². The van der Waals surface area contributed by atoms with Crippen LogP contribution in [-0.2, 0) is 29.5 Å². The second-order valence-electron chi connectivity index (χ2n) is 5.46. The van der Waals surface area contributed by atoms with Gasteiger partial charge in [-0.25, -0.2) is 0 Å². The quantitative estimate of drug-likeness (QED) is 0.802. The van der Waals surface area contributed by atoms with Gasteiger partial charge in [-0.1, -0.05) is 0 Å². The fourth-order valence-corrected chi connectivity index (χ4v) is 2.46. The molecule has 8 heteroatoms. The number of carbonyl (C=O) groups is 3. The highest BCUT2D eigenvalue weighted by molar-refractivity contribution is 6.05. The first-order valence-corrected chi connectivity index (χ1v) is 7.39. The molecular weight excluding hydrogens is 330 g/mol. The summed E-state index contributed by atoms with van der Waals surface area (Å²) >= 11 is 0. The van der Waals surface area contributed by atoms with Gasteiger partial charge in [-0.2, -0.15) is 0 Å². The van der Waals surface area contributed by atoms with Crippen LogP contribution in [0, 0.1) is 0 Å². The van der Waals surface area contributed by atoms with Crippen LogP contribution in [0.1, 0.15) is 26.3 Å². The van der Waals surface area contributed by atoms with E-state index in [9.17, 15) is 14.4 Å². The zero-order chi connectivity index (χ0) is 18.8. The Hall–Kier alpha value is -3.03. The molecule has 0 saturated carbocycles. The first-order chi connectivity index (χ1) is 11.7. The van der Waals surface area contributed by atoms with Crippen LogP contribution in [0.25, 0.3) is 0 Å². The maximum absolute atomic E-state index is 12.9. The van der Waals surface area contributed by atoms with Crippen molar-refractivity contribution in [1.29, 1.82) is 0 Å². The zero-order valence-electron chi connectivity index (χ0n) is 14.6. The summed E-state index contributed by atoms with van der Waals surface area (Å²) < 4.78 is 21.2. The first-order valence-electron chi connectivity index (χ1n) is 7.39. The minimum atomic E-state index is -1.57. The number of benzene rings is 1. The van der Waals surface area contributed by atoms with E-state index in [1.54, 1.807) is 18.2 Å². The molecule has 0 fully saturated rings. The summed E-state index contributed by atoms with van der Waals surface area (Å²) in [5, 5.41) is 2.37.